The molecule has 1 aromatic carbocycles. The predicted molar refractivity (Wildman–Crippen MR) is 74.5 cm³/mol. The summed E-state index contributed by atoms with van der Waals surface area (Å²) in [7, 11) is 1.45. The second-order valence-corrected chi connectivity index (χ2v) is 4.31. The molecule has 1 aromatic heterocycles. The summed E-state index contributed by atoms with van der Waals surface area (Å²) in [4.78, 5) is 31.0. The first-order chi connectivity index (χ1) is 10.1. The molecule has 0 bridgehead atoms. The van der Waals surface area contributed by atoms with Crippen LogP contribution in [0, 0.1) is 0 Å². The summed E-state index contributed by atoms with van der Waals surface area (Å²) in [5.41, 5.74) is 6.93. The minimum atomic E-state index is -0.423. The number of hydrogen-bond acceptors (Lipinski definition) is 7. The van der Waals surface area contributed by atoms with Gasteiger partial charge in [0.1, 0.15) is 6.33 Å². The van der Waals surface area contributed by atoms with E-state index in [4.69, 9.17) is 10.5 Å². The molecule has 0 radical (unpaired) electrons. The third-order valence-corrected chi connectivity index (χ3v) is 3.03. The first-order valence-electron chi connectivity index (χ1n) is 6.01. The first kappa shape index (κ1) is 12.9. The number of hydrogen-bond donors (Lipinski definition) is 3. The maximum absolute atomic E-state index is 11.6. The quantitative estimate of drug-likeness (QED) is 0.710. The van der Waals surface area contributed by atoms with Gasteiger partial charge in [-0.15, -0.1) is 0 Å². The number of ether oxygens (including phenoxy) is 1. The van der Waals surface area contributed by atoms with Crippen LogP contribution in [0.2, 0.25) is 0 Å². The van der Waals surface area contributed by atoms with Gasteiger partial charge in [0.25, 0.3) is 11.8 Å². The van der Waals surface area contributed by atoms with Crippen molar-refractivity contribution >= 4 is 29.1 Å². The molecule has 8 nitrogen and oxygen atoms in total. The molecule has 0 atom stereocenters. The standard InChI is InChI=1S/C13H11N5O3/c1-21-9-10(14)15-5-16-11(9)17-6-2-3-7-8(4-6)13(20)18-12(7)19/h2-5H,1H3,(H,18,19,20)(H3,14,15,16,17). The van der Waals surface area contributed by atoms with Crippen LogP contribution in [0.15, 0.2) is 24.5 Å². The van der Waals surface area contributed by atoms with E-state index in [1.165, 1.54) is 13.4 Å². The largest absolute Gasteiger partial charge is 0.490 e. The van der Waals surface area contributed by atoms with Gasteiger partial charge in [0.15, 0.2) is 11.6 Å². The van der Waals surface area contributed by atoms with Crippen molar-refractivity contribution < 1.29 is 14.3 Å². The normalized spacial score (nSPS) is 12.8. The Labute approximate surface area is 119 Å². The molecule has 8 heteroatoms. The molecule has 3 rings (SSSR count). The van der Waals surface area contributed by atoms with Crippen LogP contribution in [0.4, 0.5) is 17.3 Å². The van der Waals surface area contributed by atoms with E-state index in [2.05, 4.69) is 20.6 Å². The second-order valence-electron chi connectivity index (χ2n) is 4.31. The number of methoxy groups -OCH3 is 1. The number of fused-ring (bicyclic) bond motifs is 1. The molecule has 1 aliphatic rings. The van der Waals surface area contributed by atoms with Crippen molar-refractivity contribution in [2.24, 2.45) is 0 Å². The Balaban J connectivity index is 1.97. The Morgan fingerprint density at radius 3 is 2.71 bits per heavy atom. The molecule has 0 saturated carbocycles. The number of imide groups is 1. The number of carbonyl (C=O) groups excluding carboxylic acids is 2. The van der Waals surface area contributed by atoms with Crippen molar-refractivity contribution in [1.82, 2.24) is 15.3 Å². The zero-order chi connectivity index (χ0) is 15.0. The van der Waals surface area contributed by atoms with Gasteiger partial charge in [0.05, 0.1) is 18.2 Å². The number of benzene rings is 1. The van der Waals surface area contributed by atoms with E-state index in [0.29, 0.717) is 28.4 Å². The zero-order valence-corrected chi connectivity index (χ0v) is 11.0. The summed E-state index contributed by atoms with van der Waals surface area (Å²) in [6.07, 6.45) is 1.30. The summed E-state index contributed by atoms with van der Waals surface area (Å²) in [5.74, 6) is 0.0514. The summed E-state index contributed by atoms with van der Waals surface area (Å²) in [6.45, 7) is 0. The number of nitrogens with two attached hydrogens (primary N) is 1. The van der Waals surface area contributed by atoms with Gasteiger partial charge in [-0.3, -0.25) is 14.9 Å². The molecule has 0 fully saturated rings. The van der Waals surface area contributed by atoms with Crippen molar-refractivity contribution in [3.63, 3.8) is 0 Å². The van der Waals surface area contributed by atoms with Gasteiger partial charge in [-0.05, 0) is 18.2 Å². The van der Waals surface area contributed by atoms with Crippen molar-refractivity contribution in [1.29, 1.82) is 0 Å². The molecule has 2 heterocycles. The van der Waals surface area contributed by atoms with Crippen LogP contribution < -0.4 is 21.1 Å². The number of nitrogens with zero attached hydrogens (tertiary/aromatic N) is 2. The Morgan fingerprint density at radius 1 is 1.19 bits per heavy atom. The molecule has 4 N–H and O–H groups in total. The minimum Gasteiger partial charge on any atom is -0.490 e. The van der Waals surface area contributed by atoms with Crippen LogP contribution in [-0.2, 0) is 0 Å². The average Bonchev–Trinajstić information content (AvgIpc) is 2.74. The molecule has 0 saturated heterocycles. The molecule has 0 aliphatic carbocycles. The minimum absolute atomic E-state index is 0.198. The lowest BCUT2D eigenvalue weighted by Gasteiger charge is -2.11. The van der Waals surface area contributed by atoms with Crippen LogP contribution in [0.5, 0.6) is 5.75 Å². The van der Waals surface area contributed by atoms with Crippen molar-refractivity contribution in [3.05, 3.63) is 35.7 Å². The van der Waals surface area contributed by atoms with Crippen LogP contribution in [0.1, 0.15) is 20.7 Å². The van der Waals surface area contributed by atoms with Crippen molar-refractivity contribution in [2.75, 3.05) is 18.2 Å². The fourth-order valence-electron chi connectivity index (χ4n) is 2.06. The summed E-state index contributed by atoms with van der Waals surface area (Å²) >= 11 is 0. The van der Waals surface area contributed by atoms with E-state index in [-0.39, 0.29) is 5.82 Å². The van der Waals surface area contributed by atoms with Crippen LogP contribution in [0.25, 0.3) is 0 Å². The SMILES string of the molecule is COc1c(N)ncnc1Nc1ccc2c(c1)C(=O)NC2=O. The molecule has 2 amide bonds. The lowest BCUT2D eigenvalue weighted by atomic mass is 10.1. The second kappa shape index (κ2) is 4.75. The van der Waals surface area contributed by atoms with Gasteiger partial charge in [0, 0.05) is 5.69 Å². The number of rotatable bonds is 3. The summed E-state index contributed by atoms with van der Waals surface area (Å²) < 4.78 is 5.13. The molecular formula is C13H11N5O3. The monoisotopic (exact) mass is 285 g/mol. The highest BCUT2D eigenvalue weighted by Gasteiger charge is 2.26. The third-order valence-electron chi connectivity index (χ3n) is 3.03. The number of amides is 2. The van der Waals surface area contributed by atoms with E-state index in [9.17, 15) is 9.59 Å². The van der Waals surface area contributed by atoms with E-state index in [0.717, 1.165) is 0 Å². The number of carbonyl (C=O) groups is 2. The Kier molecular flexibility index (Phi) is 2.90. The van der Waals surface area contributed by atoms with Gasteiger partial charge in [-0.2, -0.15) is 0 Å². The van der Waals surface area contributed by atoms with Crippen LogP contribution in [-0.4, -0.2) is 28.9 Å². The van der Waals surface area contributed by atoms with E-state index >= 15 is 0 Å². The summed E-state index contributed by atoms with van der Waals surface area (Å²) in [5, 5.41) is 5.21. The molecule has 2 aromatic rings. The fourth-order valence-corrected chi connectivity index (χ4v) is 2.06. The predicted octanol–water partition coefficient (Wildman–Crippen LogP) is 0.695. The zero-order valence-electron chi connectivity index (χ0n) is 11.0. The Hall–Kier alpha value is -3.16. The molecule has 21 heavy (non-hydrogen) atoms. The fraction of sp³-hybridized carbons (Fsp3) is 0.0769. The highest BCUT2D eigenvalue weighted by molar-refractivity contribution is 6.21. The Morgan fingerprint density at radius 2 is 1.95 bits per heavy atom. The van der Waals surface area contributed by atoms with Gasteiger partial charge in [0.2, 0.25) is 5.75 Å². The van der Waals surface area contributed by atoms with E-state index < -0.39 is 11.8 Å². The molecule has 1 aliphatic heterocycles. The number of aromatic nitrogens is 2. The molecule has 0 spiro atoms. The van der Waals surface area contributed by atoms with Crippen LogP contribution >= 0.6 is 0 Å². The maximum atomic E-state index is 11.6. The van der Waals surface area contributed by atoms with Gasteiger partial charge < -0.3 is 15.8 Å². The molecule has 0 unspecified atom stereocenters. The highest BCUT2D eigenvalue weighted by atomic mass is 16.5. The van der Waals surface area contributed by atoms with E-state index in [1.807, 2.05) is 0 Å². The number of nitrogen functional groups attached to an aromatic ring is 1. The first-order valence-corrected chi connectivity index (χ1v) is 6.01. The van der Waals surface area contributed by atoms with Crippen LogP contribution in [0.3, 0.4) is 0 Å². The van der Waals surface area contributed by atoms with Crippen molar-refractivity contribution in [2.45, 2.75) is 0 Å². The Bertz CT molecular complexity index is 759. The lowest BCUT2D eigenvalue weighted by Crippen LogP contribution is -2.19. The number of nitrogens with one attached hydrogen (secondary N) is 2. The maximum Gasteiger partial charge on any atom is 0.259 e. The van der Waals surface area contributed by atoms with Gasteiger partial charge >= 0.3 is 0 Å². The van der Waals surface area contributed by atoms with Gasteiger partial charge in [-0.1, -0.05) is 0 Å². The van der Waals surface area contributed by atoms with Crippen molar-refractivity contribution in [3.8, 4) is 5.75 Å². The molecular weight excluding hydrogens is 274 g/mol. The summed E-state index contributed by atoms with van der Waals surface area (Å²) in [6, 6.07) is 4.79. The topological polar surface area (TPSA) is 119 Å². The van der Waals surface area contributed by atoms with Gasteiger partial charge in [-0.25, -0.2) is 9.97 Å². The van der Waals surface area contributed by atoms with E-state index in [1.54, 1.807) is 18.2 Å². The highest BCUT2D eigenvalue weighted by Crippen LogP contribution is 2.30. The molecule has 106 valence electrons. The number of anilines is 3. The third kappa shape index (κ3) is 2.12. The lowest BCUT2D eigenvalue weighted by molar-refractivity contribution is 0.0879. The average molecular weight is 285 g/mol. The smallest absolute Gasteiger partial charge is 0.259 e.